The highest BCUT2D eigenvalue weighted by Gasteiger charge is 2.16. The molecule has 8 heteroatoms. The molecule has 6 rings (SSSR count). The van der Waals surface area contributed by atoms with Crippen molar-refractivity contribution in [3.8, 4) is 22.8 Å². The third-order valence-electron chi connectivity index (χ3n) is 6.97. The summed E-state index contributed by atoms with van der Waals surface area (Å²) in [4.78, 5) is 24.5. The van der Waals surface area contributed by atoms with Gasteiger partial charge in [-0.3, -0.25) is 19.8 Å². The van der Waals surface area contributed by atoms with Gasteiger partial charge in [0.15, 0.2) is 5.69 Å². The SMILES string of the molecule is Cc1cccc(Oc2ccc(NC(=O)c3n[nH]c4ccc(-c5cncc(CN6CCCCC6)c5)cc34)cn2)c1. The fraction of sp³-hybridized carbons (Fsp3) is 0.226. The van der Waals surface area contributed by atoms with Crippen molar-refractivity contribution in [2.75, 3.05) is 18.4 Å². The quantitative estimate of drug-likeness (QED) is 0.260. The molecule has 4 heterocycles. The number of amides is 1. The monoisotopic (exact) mass is 518 g/mol. The van der Waals surface area contributed by atoms with Gasteiger partial charge in [-0.15, -0.1) is 0 Å². The lowest BCUT2D eigenvalue weighted by atomic mass is 10.0. The van der Waals surface area contributed by atoms with Gasteiger partial charge in [-0.2, -0.15) is 5.10 Å². The minimum absolute atomic E-state index is 0.315. The maximum atomic E-state index is 13.2. The molecule has 1 amide bonds. The number of pyridine rings is 2. The molecule has 0 spiro atoms. The largest absolute Gasteiger partial charge is 0.439 e. The van der Waals surface area contributed by atoms with Gasteiger partial charge in [0.1, 0.15) is 5.75 Å². The van der Waals surface area contributed by atoms with Crippen LogP contribution in [0.4, 0.5) is 5.69 Å². The van der Waals surface area contributed by atoms with Gasteiger partial charge in [0.25, 0.3) is 5.91 Å². The number of hydrogen-bond acceptors (Lipinski definition) is 6. The van der Waals surface area contributed by atoms with Gasteiger partial charge in [-0.05, 0) is 85.9 Å². The van der Waals surface area contributed by atoms with Crippen LogP contribution in [0.3, 0.4) is 0 Å². The normalized spacial score (nSPS) is 13.9. The number of hydrogen-bond donors (Lipinski definition) is 2. The summed E-state index contributed by atoms with van der Waals surface area (Å²) in [7, 11) is 0. The van der Waals surface area contributed by atoms with Crippen molar-refractivity contribution in [2.24, 2.45) is 0 Å². The Balaban J connectivity index is 1.17. The number of nitrogens with zero attached hydrogens (tertiary/aromatic N) is 4. The number of piperidine rings is 1. The number of aromatic amines is 1. The van der Waals surface area contributed by atoms with Crippen molar-refractivity contribution < 1.29 is 9.53 Å². The third kappa shape index (κ3) is 5.81. The molecule has 0 radical (unpaired) electrons. The van der Waals surface area contributed by atoms with Crippen LogP contribution in [-0.2, 0) is 6.54 Å². The summed E-state index contributed by atoms with van der Waals surface area (Å²) in [5.74, 6) is 0.847. The lowest BCUT2D eigenvalue weighted by Gasteiger charge is -2.26. The van der Waals surface area contributed by atoms with Gasteiger partial charge >= 0.3 is 0 Å². The van der Waals surface area contributed by atoms with E-state index >= 15 is 0 Å². The molecule has 0 aliphatic carbocycles. The molecule has 5 aromatic rings. The molecule has 2 N–H and O–H groups in total. The maximum Gasteiger partial charge on any atom is 0.276 e. The van der Waals surface area contributed by atoms with Gasteiger partial charge in [0.2, 0.25) is 5.88 Å². The molecule has 1 aliphatic rings. The third-order valence-corrected chi connectivity index (χ3v) is 6.97. The molecule has 1 fully saturated rings. The Morgan fingerprint density at radius 3 is 2.69 bits per heavy atom. The Morgan fingerprint density at radius 2 is 1.87 bits per heavy atom. The highest BCUT2D eigenvalue weighted by Crippen LogP contribution is 2.27. The van der Waals surface area contributed by atoms with Gasteiger partial charge < -0.3 is 10.1 Å². The van der Waals surface area contributed by atoms with Crippen molar-refractivity contribution in [1.29, 1.82) is 0 Å². The van der Waals surface area contributed by atoms with E-state index in [1.54, 1.807) is 18.3 Å². The van der Waals surface area contributed by atoms with Gasteiger partial charge in [0, 0.05) is 36.0 Å². The van der Waals surface area contributed by atoms with Crippen molar-refractivity contribution in [2.45, 2.75) is 32.7 Å². The van der Waals surface area contributed by atoms with Crippen LogP contribution < -0.4 is 10.1 Å². The topological polar surface area (TPSA) is 96.0 Å². The van der Waals surface area contributed by atoms with Crippen LogP contribution in [0.25, 0.3) is 22.0 Å². The smallest absolute Gasteiger partial charge is 0.276 e. The number of rotatable bonds is 7. The molecule has 0 unspecified atom stereocenters. The second-order valence-corrected chi connectivity index (χ2v) is 10.0. The molecular weight excluding hydrogens is 488 g/mol. The van der Waals surface area contributed by atoms with Crippen LogP contribution in [0.1, 0.15) is 40.9 Å². The first kappa shape index (κ1) is 24.8. The number of aryl methyl sites for hydroxylation is 1. The number of anilines is 1. The number of nitrogens with one attached hydrogen (secondary N) is 2. The molecule has 0 atom stereocenters. The summed E-state index contributed by atoms with van der Waals surface area (Å²) in [6.45, 7) is 5.19. The summed E-state index contributed by atoms with van der Waals surface area (Å²) in [6.07, 6.45) is 9.22. The number of H-pyrrole nitrogens is 1. The van der Waals surface area contributed by atoms with E-state index in [4.69, 9.17) is 4.74 Å². The Hall–Kier alpha value is -4.56. The van der Waals surface area contributed by atoms with E-state index in [-0.39, 0.29) is 5.91 Å². The second-order valence-electron chi connectivity index (χ2n) is 10.0. The summed E-state index contributed by atoms with van der Waals surface area (Å²) < 4.78 is 5.81. The van der Waals surface area contributed by atoms with E-state index in [0.717, 1.165) is 47.2 Å². The Kier molecular flexibility index (Phi) is 7.01. The van der Waals surface area contributed by atoms with Crippen molar-refractivity contribution >= 4 is 22.5 Å². The first-order chi connectivity index (χ1) is 19.1. The number of fused-ring (bicyclic) bond motifs is 1. The van der Waals surface area contributed by atoms with Crippen LogP contribution in [0.2, 0.25) is 0 Å². The summed E-state index contributed by atoms with van der Waals surface area (Å²) in [5.41, 5.74) is 5.98. The van der Waals surface area contributed by atoms with E-state index in [1.165, 1.54) is 24.8 Å². The zero-order valence-corrected chi connectivity index (χ0v) is 21.9. The molecule has 39 heavy (non-hydrogen) atoms. The van der Waals surface area contributed by atoms with Crippen molar-refractivity contribution in [3.05, 3.63) is 96.1 Å². The number of carbonyl (C=O) groups is 1. The summed E-state index contributed by atoms with van der Waals surface area (Å²) in [6, 6.07) is 19.4. The second kappa shape index (κ2) is 11.0. The van der Waals surface area contributed by atoms with E-state index in [1.807, 2.05) is 61.8 Å². The minimum Gasteiger partial charge on any atom is -0.439 e. The molecule has 2 aromatic carbocycles. The maximum absolute atomic E-state index is 13.2. The van der Waals surface area contributed by atoms with Crippen molar-refractivity contribution in [3.63, 3.8) is 0 Å². The minimum atomic E-state index is -0.315. The molecule has 0 saturated carbocycles. The number of likely N-dealkylation sites (tertiary alicyclic amines) is 1. The molecule has 3 aromatic heterocycles. The Bertz CT molecular complexity index is 1610. The number of aromatic nitrogens is 4. The predicted octanol–water partition coefficient (Wildman–Crippen LogP) is 6.36. The predicted molar refractivity (Wildman–Crippen MR) is 152 cm³/mol. The zero-order chi connectivity index (χ0) is 26.6. The van der Waals surface area contributed by atoms with E-state index in [2.05, 4.69) is 36.4 Å². The van der Waals surface area contributed by atoms with Crippen LogP contribution in [-0.4, -0.2) is 44.1 Å². The van der Waals surface area contributed by atoms with Crippen LogP contribution >= 0.6 is 0 Å². The Morgan fingerprint density at radius 1 is 0.974 bits per heavy atom. The van der Waals surface area contributed by atoms with Crippen molar-refractivity contribution in [1.82, 2.24) is 25.1 Å². The standard InChI is InChI=1S/C31H30N6O2/c1-21-6-5-7-26(14-21)39-29-11-9-25(19-33-29)34-31(38)30-27-16-23(8-10-28(27)35-36-30)24-15-22(17-32-18-24)20-37-12-3-2-4-13-37/h5-11,14-19H,2-4,12-13,20H2,1H3,(H,34,38)(H,35,36). The van der Waals surface area contributed by atoms with Gasteiger partial charge in [-0.1, -0.05) is 24.6 Å². The molecule has 1 saturated heterocycles. The van der Waals surface area contributed by atoms with E-state index < -0.39 is 0 Å². The first-order valence-electron chi connectivity index (χ1n) is 13.3. The number of benzene rings is 2. The molecule has 0 bridgehead atoms. The average Bonchev–Trinajstić information content (AvgIpc) is 3.38. The number of ether oxygens (including phenoxy) is 1. The zero-order valence-electron chi connectivity index (χ0n) is 21.9. The van der Waals surface area contributed by atoms with Crippen LogP contribution in [0.15, 0.2) is 79.3 Å². The van der Waals surface area contributed by atoms with E-state index in [9.17, 15) is 4.79 Å². The van der Waals surface area contributed by atoms with Crippen LogP contribution in [0.5, 0.6) is 11.6 Å². The van der Waals surface area contributed by atoms with E-state index in [0.29, 0.717) is 23.0 Å². The molecule has 8 nitrogen and oxygen atoms in total. The molecular formula is C31H30N6O2. The lowest BCUT2D eigenvalue weighted by Crippen LogP contribution is -2.29. The van der Waals surface area contributed by atoms with Gasteiger partial charge in [0.05, 0.1) is 17.4 Å². The molecule has 196 valence electrons. The fourth-order valence-electron chi connectivity index (χ4n) is 4.98. The fourth-order valence-corrected chi connectivity index (χ4v) is 4.98. The number of carbonyl (C=O) groups excluding carboxylic acids is 1. The highest BCUT2D eigenvalue weighted by molar-refractivity contribution is 6.11. The lowest BCUT2D eigenvalue weighted by molar-refractivity contribution is 0.102. The average molecular weight is 519 g/mol. The molecule has 1 aliphatic heterocycles. The highest BCUT2D eigenvalue weighted by atomic mass is 16.5. The summed E-state index contributed by atoms with van der Waals surface area (Å²) >= 11 is 0. The first-order valence-corrected chi connectivity index (χ1v) is 13.3. The van der Waals surface area contributed by atoms with Gasteiger partial charge in [-0.25, -0.2) is 4.98 Å². The Labute approximate surface area is 227 Å². The summed E-state index contributed by atoms with van der Waals surface area (Å²) in [5, 5.41) is 10.9. The van der Waals surface area contributed by atoms with Crippen LogP contribution in [0, 0.1) is 6.92 Å².